The summed E-state index contributed by atoms with van der Waals surface area (Å²) in [7, 11) is 0. The van der Waals surface area contributed by atoms with E-state index in [4.69, 9.17) is 0 Å². The minimum Gasteiger partial charge on any atom is -0.266 e. The van der Waals surface area contributed by atoms with Crippen LogP contribution in [0, 0.1) is 0 Å². The van der Waals surface area contributed by atoms with Gasteiger partial charge in [0.1, 0.15) is 0 Å². The van der Waals surface area contributed by atoms with Crippen LogP contribution in [0.3, 0.4) is 0 Å². The number of allylic oxidation sites excluding steroid dienone is 1. The molecule has 0 heterocycles. The van der Waals surface area contributed by atoms with Gasteiger partial charge in [-0.2, -0.15) is 4.39 Å². The topological polar surface area (TPSA) is 12.4 Å². The summed E-state index contributed by atoms with van der Waals surface area (Å²) in [5.41, 5.74) is 0.377. The first kappa shape index (κ1) is 8.69. The summed E-state index contributed by atoms with van der Waals surface area (Å²) in [6.45, 7) is 6.69. The standard InChI is InChI=1S/C6H10FNS/c1-4-9-6(7)5(2)8-3/h3-4H2,1-2H3/b6-5-. The molecular formula is C6H10FNS. The SMILES string of the molecule is C=N/C(C)=C(/F)SCC. The molecule has 0 fully saturated rings. The number of nitrogens with zero attached hydrogens (tertiary/aromatic N) is 1. The number of hydrogen-bond acceptors (Lipinski definition) is 2. The van der Waals surface area contributed by atoms with Crippen LogP contribution in [0.5, 0.6) is 0 Å². The normalized spacial score (nSPS) is 12.8. The van der Waals surface area contributed by atoms with Gasteiger partial charge in [0.2, 0.25) is 0 Å². The van der Waals surface area contributed by atoms with Crippen molar-refractivity contribution >= 4 is 18.5 Å². The van der Waals surface area contributed by atoms with E-state index in [2.05, 4.69) is 11.7 Å². The Bertz CT molecular complexity index is 131. The van der Waals surface area contributed by atoms with Crippen molar-refractivity contribution in [2.45, 2.75) is 13.8 Å². The largest absolute Gasteiger partial charge is 0.266 e. The van der Waals surface area contributed by atoms with Crippen LogP contribution in [0.2, 0.25) is 0 Å². The molecule has 0 radical (unpaired) electrons. The van der Waals surface area contributed by atoms with Crippen LogP contribution in [0.4, 0.5) is 4.39 Å². The molecule has 0 atom stereocenters. The first-order valence-corrected chi connectivity index (χ1v) is 3.66. The van der Waals surface area contributed by atoms with Crippen molar-refractivity contribution in [3.63, 3.8) is 0 Å². The zero-order valence-corrected chi connectivity index (χ0v) is 6.46. The number of hydrogen-bond donors (Lipinski definition) is 0. The predicted octanol–water partition coefficient (Wildman–Crippen LogP) is 2.60. The fraction of sp³-hybridized carbons (Fsp3) is 0.500. The average Bonchev–Trinajstić information content (AvgIpc) is 1.87. The van der Waals surface area contributed by atoms with E-state index in [-0.39, 0.29) is 5.16 Å². The number of aliphatic imine (C=N–C) groups is 1. The quantitative estimate of drug-likeness (QED) is 0.559. The van der Waals surface area contributed by atoms with Crippen molar-refractivity contribution < 1.29 is 4.39 Å². The minimum absolute atomic E-state index is 0.229. The molecular weight excluding hydrogens is 137 g/mol. The highest BCUT2D eigenvalue weighted by Gasteiger charge is 1.96. The van der Waals surface area contributed by atoms with Crippen LogP contribution in [0.25, 0.3) is 0 Å². The van der Waals surface area contributed by atoms with Gasteiger partial charge in [-0.15, -0.1) is 0 Å². The highest BCUT2D eigenvalue weighted by atomic mass is 32.2. The fourth-order valence-corrected chi connectivity index (χ4v) is 0.820. The van der Waals surface area contributed by atoms with Crippen molar-refractivity contribution in [1.29, 1.82) is 0 Å². The summed E-state index contributed by atoms with van der Waals surface area (Å²) < 4.78 is 12.5. The van der Waals surface area contributed by atoms with Crippen molar-refractivity contribution in [2.75, 3.05) is 5.75 Å². The van der Waals surface area contributed by atoms with Gasteiger partial charge in [0.05, 0.1) is 5.70 Å². The summed E-state index contributed by atoms with van der Waals surface area (Å²) in [6.07, 6.45) is 0. The Morgan fingerprint density at radius 1 is 1.78 bits per heavy atom. The molecule has 0 rings (SSSR count). The Kier molecular flexibility index (Phi) is 4.40. The van der Waals surface area contributed by atoms with E-state index in [1.807, 2.05) is 6.92 Å². The maximum atomic E-state index is 12.5. The van der Waals surface area contributed by atoms with E-state index in [0.717, 1.165) is 17.5 Å². The first-order chi connectivity index (χ1) is 4.22. The molecule has 0 amide bonds. The van der Waals surface area contributed by atoms with Crippen molar-refractivity contribution in [3.8, 4) is 0 Å². The van der Waals surface area contributed by atoms with Gasteiger partial charge in [0.15, 0.2) is 5.16 Å². The van der Waals surface area contributed by atoms with Gasteiger partial charge in [0, 0.05) is 0 Å². The van der Waals surface area contributed by atoms with E-state index in [0.29, 0.717) is 5.70 Å². The average molecular weight is 147 g/mol. The minimum atomic E-state index is -0.229. The third kappa shape index (κ3) is 3.30. The molecule has 0 aromatic heterocycles. The Hall–Kier alpha value is -0.310. The van der Waals surface area contributed by atoms with Crippen LogP contribution in [0.1, 0.15) is 13.8 Å². The lowest BCUT2D eigenvalue weighted by molar-refractivity contribution is 0.686. The van der Waals surface area contributed by atoms with Gasteiger partial charge in [0.25, 0.3) is 0 Å². The summed E-state index contributed by atoms with van der Waals surface area (Å²) in [5.74, 6) is 0.735. The molecule has 0 aliphatic carbocycles. The molecule has 0 spiro atoms. The second-order valence-corrected chi connectivity index (χ2v) is 2.67. The van der Waals surface area contributed by atoms with Gasteiger partial charge in [-0.05, 0) is 19.4 Å². The van der Waals surface area contributed by atoms with Crippen LogP contribution in [0.15, 0.2) is 15.8 Å². The lowest BCUT2D eigenvalue weighted by atomic mass is 10.6. The molecule has 0 unspecified atom stereocenters. The van der Waals surface area contributed by atoms with Gasteiger partial charge >= 0.3 is 0 Å². The zero-order valence-electron chi connectivity index (χ0n) is 5.65. The lowest BCUT2D eigenvalue weighted by Gasteiger charge is -1.93. The molecule has 0 aliphatic rings. The van der Waals surface area contributed by atoms with Crippen molar-refractivity contribution in [1.82, 2.24) is 0 Å². The second kappa shape index (κ2) is 4.56. The van der Waals surface area contributed by atoms with Crippen molar-refractivity contribution in [2.24, 2.45) is 4.99 Å². The van der Waals surface area contributed by atoms with E-state index in [1.165, 1.54) is 0 Å². The molecule has 0 saturated carbocycles. The third-order valence-corrected chi connectivity index (χ3v) is 1.63. The summed E-state index contributed by atoms with van der Waals surface area (Å²) in [6, 6.07) is 0. The van der Waals surface area contributed by atoms with Crippen LogP contribution < -0.4 is 0 Å². The van der Waals surface area contributed by atoms with Gasteiger partial charge in [-0.25, -0.2) is 0 Å². The van der Waals surface area contributed by atoms with E-state index in [1.54, 1.807) is 6.92 Å². The van der Waals surface area contributed by atoms with Crippen LogP contribution in [-0.2, 0) is 0 Å². The van der Waals surface area contributed by atoms with E-state index < -0.39 is 0 Å². The van der Waals surface area contributed by atoms with Crippen molar-refractivity contribution in [3.05, 3.63) is 10.9 Å². The Morgan fingerprint density at radius 3 is 2.67 bits per heavy atom. The van der Waals surface area contributed by atoms with E-state index >= 15 is 0 Å². The molecule has 1 nitrogen and oxygen atoms in total. The predicted molar refractivity (Wildman–Crippen MR) is 41.5 cm³/mol. The summed E-state index contributed by atoms with van der Waals surface area (Å²) in [4.78, 5) is 3.44. The zero-order chi connectivity index (χ0) is 7.28. The Labute approximate surface area is 59.1 Å². The summed E-state index contributed by atoms with van der Waals surface area (Å²) >= 11 is 1.14. The Morgan fingerprint density at radius 2 is 2.33 bits per heavy atom. The number of thioether (sulfide) groups is 1. The molecule has 3 heteroatoms. The molecule has 0 bridgehead atoms. The highest BCUT2D eigenvalue weighted by molar-refractivity contribution is 8.02. The lowest BCUT2D eigenvalue weighted by Crippen LogP contribution is -1.73. The monoisotopic (exact) mass is 147 g/mol. The fourth-order valence-electron chi connectivity index (χ4n) is 0.293. The summed E-state index contributed by atoms with van der Waals surface area (Å²) in [5, 5.41) is -0.229. The maximum Gasteiger partial charge on any atom is 0.177 e. The maximum absolute atomic E-state index is 12.5. The molecule has 0 N–H and O–H groups in total. The molecule has 0 saturated heterocycles. The molecule has 9 heavy (non-hydrogen) atoms. The van der Waals surface area contributed by atoms with Crippen LogP contribution >= 0.6 is 11.8 Å². The Balaban J connectivity index is 3.93. The molecule has 0 aromatic rings. The molecule has 0 aliphatic heterocycles. The van der Waals surface area contributed by atoms with Crippen LogP contribution in [-0.4, -0.2) is 12.5 Å². The third-order valence-electron chi connectivity index (χ3n) is 0.793. The molecule has 52 valence electrons. The first-order valence-electron chi connectivity index (χ1n) is 2.68. The van der Waals surface area contributed by atoms with Gasteiger partial charge in [-0.1, -0.05) is 18.7 Å². The smallest absolute Gasteiger partial charge is 0.177 e. The van der Waals surface area contributed by atoms with Gasteiger partial charge < -0.3 is 0 Å². The highest BCUT2D eigenvalue weighted by Crippen LogP contribution is 2.20. The number of halogens is 1. The van der Waals surface area contributed by atoms with E-state index in [9.17, 15) is 4.39 Å². The second-order valence-electron chi connectivity index (χ2n) is 1.45. The van der Waals surface area contributed by atoms with Gasteiger partial charge in [-0.3, -0.25) is 4.99 Å². The number of rotatable bonds is 3. The molecule has 0 aromatic carbocycles.